The van der Waals surface area contributed by atoms with E-state index >= 15 is 0 Å². The highest BCUT2D eigenvalue weighted by molar-refractivity contribution is 5.89. The van der Waals surface area contributed by atoms with E-state index < -0.39 is 5.97 Å². The van der Waals surface area contributed by atoms with E-state index in [9.17, 15) is 9.59 Å². The molecule has 0 saturated carbocycles. The summed E-state index contributed by atoms with van der Waals surface area (Å²) in [7, 11) is 1.37. The molecule has 3 aromatic rings. The predicted molar refractivity (Wildman–Crippen MR) is 153 cm³/mol. The Kier molecular flexibility index (Phi) is 12.6. The van der Waals surface area contributed by atoms with Crippen molar-refractivity contribution in [3.8, 4) is 11.5 Å². The lowest BCUT2D eigenvalue weighted by Gasteiger charge is -2.14. The van der Waals surface area contributed by atoms with Crippen molar-refractivity contribution >= 4 is 18.0 Å². The van der Waals surface area contributed by atoms with E-state index in [2.05, 4.69) is 12.2 Å². The summed E-state index contributed by atoms with van der Waals surface area (Å²) in [6, 6.07) is 25.3. The molecule has 0 aliphatic heterocycles. The van der Waals surface area contributed by atoms with E-state index in [1.807, 2.05) is 66.7 Å². The summed E-state index contributed by atoms with van der Waals surface area (Å²) in [5, 5.41) is 8.96. The number of hydrogen-bond donors (Lipinski definition) is 1. The van der Waals surface area contributed by atoms with Crippen LogP contribution in [0.4, 0.5) is 0 Å². The van der Waals surface area contributed by atoms with Crippen LogP contribution in [0.1, 0.15) is 60.0 Å². The number of carbonyl (C=O) groups excluding carboxylic acids is 1. The molecular formula is C33H38O6. The third-order valence-corrected chi connectivity index (χ3v) is 6.33. The van der Waals surface area contributed by atoms with Crippen molar-refractivity contribution in [2.24, 2.45) is 5.92 Å². The van der Waals surface area contributed by atoms with Gasteiger partial charge in [0.15, 0.2) is 0 Å². The molecule has 0 aromatic heterocycles. The molecular weight excluding hydrogens is 492 g/mol. The molecule has 0 spiro atoms. The second-order valence-electron chi connectivity index (χ2n) is 9.44. The fourth-order valence-corrected chi connectivity index (χ4v) is 4.20. The molecule has 6 nitrogen and oxygen atoms in total. The second-order valence-corrected chi connectivity index (χ2v) is 9.44. The molecule has 0 bridgehead atoms. The van der Waals surface area contributed by atoms with Gasteiger partial charge in [0.1, 0.15) is 11.5 Å². The highest BCUT2D eigenvalue weighted by Crippen LogP contribution is 2.21. The minimum atomic E-state index is -0.763. The number of carboxylic acid groups (broad SMARTS) is 1. The van der Waals surface area contributed by atoms with Gasteiger partial charge in [0.05, 0.1) is 25.9 Å². The average molecular weight is 531 g/mol. The third kappa shape index (κ3) is 11.5. The van der Waals surface area contributed by atoms with E-state index in [1.165, 1.54) is 7.11 Å². The fraction of sp³-hybridized carbons (Fsp3) is 0.333. The lowest BCUT2D eigenvalue weighted by molar-refractivity contribution is -0.137. The number of rotatable bonds is 17. The lowest BCUT2D eigenvalue weighted by atomic mass is 9.92. The van der Waals surface area contributed by atoms with E-state index in [1.54, 1.807) is 12.1 Å². The van der Waals surface area contributed by atoms with Gasteiger partial charge in [-0.1, -0.05) is 61.0 Å². The number of para-hydroxylation sites is 1. The van der Waals surface area contributed by atoms with Crippen LogP contribution in [0.2, 0.25) is 0 Å². The van der Waals surface area contributed by atoms with Crippen molar-refractivity contribution in [2.45, 2.75) is 44.9 Å². The number of esters is 1. The van der Waals surface area contributed by atoms with Crippen molar-refractivity contribution in [1.82, 2.24) is 0 Å². The zero-order chi connectivity index (χ0) is 27.7. The second kappa shape index (κ2) is 16.7. The van der Waals surface area contributed by atoms with Gasteiger partial charge < -0.3 is 19.3 Å². The van der Waals surface area contributed by atoms with Crippen LogP contribution in [-0.2, 0) is 16.0 Å². The monoisotopic (exact) mass is 530 g/mol. The fourth-order valence-electron chi connectivity index (χ4n) is 4.20. The molecule has 6 heteroatoms. The zero-order valence-electron chi connectivity index (χ0n) is 22.6. The molecule has 1 N–H and O–H groups in total. The first-order chi connectivity index (χ1) is 19.0. The highest BCUT2D eigenvalue weighted by atomic mass is 16.5. The van der Waals surface area contributed by atoms with Gasteiger partial charge in [-0.25, -0.2) is 4.79 Å². The molecule has 39 heavy (non-hydrogen) atoms. The molecule has 0 radical (unpaired) electrons. The zero-order valence-corrected chi connectivity index (χ0v) is 22.6. The largest absolute Gasteiger partial charge is 0.494 e. The van der Waals surface area contributed by atoms with Crippen LogP contribution in [0.25, 0.3) is 6.08 Å². The topological polar surface area (TPSA) is 82.1 Å². The molecule has 206 valence electrons. The van der Waals surface area contributed by atoms with Crippen molar-refractivity contribution in [1.29, 1.82) is 0 Å². The molecule has 0 aliphatic rings. The maximum absolute atomic E-state index is 11.7. The Labute approximate surface area is 231 Å². The van der Waals surface area contributed by atoms with Crippen molar-refractivity contribution in [3.05, 3.63) is 102 Å². The van der Waals surface area contributed by atoms with E-state index in [0.717, 1.165) is 54.7 Å². The van der Waals surface area contributed by atoms with Crippen LogP contribution in [0.5, 0.6) is 11.5 Å². The van der Waals surface area contributed by atoms with Gasteiger partial charge in [-0.05, 0) is 85.5 Å². The molecule has 0 fully saturated rings. The number of carbonyl (C=O) groups is 2. The quantitative estimate of drug-likeness (QED) is 0.146. The van der Waals surface area contributed by atoms with Gasteiger partial charge in [-0.15, -0.1) is 0 Å². The third-order valence-electron chi connectivity index (χ3n) is 6.33. The first-order valence-electron chi connectivity index (χ1n) is 13.5. The molecule has 3 rings (SSSR count). The predicted octanol–water partition coefficient (Wildman–Crippen LogP) is 7.23. The van der Waals surface area contributed by atoms with E-state index in [4.69, 9.17) is 19.3 Å². The Hall–Kier alpha value is -4.06. The van der Waals surface area contributed by atoms with Gasteiger partial charge >= 0.3 is 11.9 Å². The standard InChI is InChI=1S/C33H38O6/c1-37-33(36)29-20-18-28(19-21-29)24-26(10-5-6-15-32(34)35)16-17-27-11-9-14-31(25-27)39-23-8-7-22-38-30-12-3-2-4-13-30/h2-4,9,11-14,16-21,25-26H,5-8,10,15,22-24H2,1H3,(H,34,35)/b17-16-. The van der Waals surface area contributed by atoms with Gasteiger partial charge in [-0.3, -0.25) is 4.79 Å². The highest BCUT2D eigenvalue weighted by Gasteiger charge is 2.10. The Morgan fingerprint density at radius 2 is 1.51 bits per heavy atom. The number of ether oxygens (including phenoxy) is 3. The number of allylic oxidation sites excluding steroid dienone is 1. The van der Waals surface area contributed by atoms with Crippen LogP contribution in [0, 0.1) is 5.92 Å². The summed E-state index contributed by atoms with van der Waals surface area (Å²) in [4.78, 5) is 22.6. The van der Waals surface area contributed by atoms with Crippen LogP contribution in [0.15, 0.2) is 84.9 Å². The maximum Gasteiger partial charge on any atom is 0.337 e. The van der Waals surface area contributed by atoms with Crippen LogP contribution in [0.3, 0.4) is 0 Å². The molecule has 0 amide bonds. The SMILES string of the molecule is COC(=O)c1ccc(CC(/C=C\c2cccc(OCCCCOc3ccccc3)c2)CCCCC(=O)O)cc1. The maximum atomic E-state index is 11.7. The summed E-state index contributed by atoms with van der Waals surface area (Å²) < 4.78 is 16.5. The Morgan fingerprint density at radius 3 is 2.21 bits per heavy atom. The first kappa shape index (κ1) is 29.5. The van der Waals surface area contributed by atoms with Crippen LogP contribution >= 0.6 is 0 Å². The molecule has 0 heterocycles. The van der Waals surface area contributed by atoms with Crippen LogP contribution in [-0.4, -0.2) is 37.4 Å². The number of unbranched alkanes of at least 4 members (excludes halogenated alkanes) is 2. The summed E-state index contributed by atoms with van der Waals surface area (Å²) >= 11 is 0. The number of benzene rings is 3. The average Bonchev–Trinajstić information content (AvgIpc) is 2.96. The Morgan fingerprint density at radius 1 is 0.821 bits per heavy atom. The summed E-state index contributed by atoms with van der Waals surface area (Å²) in [5.74, 6) is 0.834. The number of methoxy groups -OCH3 is 1. The number of aliphatic carboxylic acids is 1. The summed E-state index contributed by atoms with van der Waals surface area (Å²) in [6.45, 7) is 1.29. The molecule has 3 aromatic carbocycles. The summed E-state index contributed by atoms with van der Waals surface area (Å²) in [5.41, 5.74) is 2.69. The molecule has 1 unspecified atom stereocenters. The molecule has 1 atom stereocenters. The van der Waals surface area contributed by atoms with Gasteiger partial charge in [-0.2, -0.15) is 0 Å². The van der Waals surface area contributed by atoms with Crippen LogP contribution < -0.4 is 9.47 Å². The van der Waals surface area contributed by atoms with Crippen molar-refractivity contribution < 1.29 is 28.9 Å². The van der Waals surface area contributed by atoms with Crippen molar-refractivity contribution in [2.75, 3.05) is 20.3 Å². The lowest BCUT2D eigenvalue weighted by Crippen LogP contribution is -2.04. The first-order valence-corrected chi connectivity index (χ1v) is 13.5. The molecule has 0 aliphatic carbocycles. The van der Waals surface area contributed by atoms with Gasteiger partial charge in [0.2, 0.25) is 0 Å². The van der Waals surface area contributed by atoms with Crippen molar-refractivity contribution in [3.63, 3.8) is 0 Å². The Balaban J connectivity index is 1.52. The van der Waals surface area contributed by atoms with E-state index in [-0.39, 0.29) is 18.3 Å². The minimum Gasteiger partial charge on any atom is -0.494 e. The summed E-state index contributed by atoms with van der Waals surface area (Å²) in [6.07, 6.45) is 9.45. The van der Waals surface area contributed by atoms with Gasteiger partial charge in [0.25, 0.3) is 0 Å². The normalized spacial score (nSPS) is 11.7. The molecule has 0 saturated heterocycles. The van der Waals surface area contributed by atoms with E-state index in [0.29, 0.717) is 25.2 Å². The number of hydrogen-bond acceptors (Lipinski definition) is 5. The van der Waals surface area contributed by atoms with Gasteiger partial charge in [0, 0.05) is 6.42 Å². The number of carboxylic acids is 1. The minimum absolute atomic E-state index is 0.183. The smallest absolute Gasteiger partial charge is 0.337 e. The Bertz CT molecular complexity index is 1170.